The van der Waals surface area contributed by atoms with Gasteiger partial charge >= 0.3 is 12.1 Å². The molecule has 0 saturated heterocycles. The van der Waals surface area contributed by atoms with Crippen LogP contribution in [0.4, 0.5) is 10.5 Å². The minimum absolute atomic E-state index is 0.0970. The number of esters is 1. The van der Waals surface area contributed by atoms with E-state index in [-0.39, 0.29) is 36.7 Å². The lowest BCUT2D eigenvalue weighted by Crippen LogP contribution is -2.51. The van der Waals surface area contributed by atoms with Crippen molar-refractivity contribution in [2.24, 2.45) is 17.8 Å². The average molecular weight is 736 g/mol. The lowest BCUT2D eigenvalue weighted by molar-refractivity contribution is -0.162. The van der Waals surface area contributed by atoms with E-state index in [1.165, 1.54) is 4.90 Å². The maximum absolute atomic E-state index is 13.9. The molecular weight excluding hydrogens is 691 g/mol. The molecule has 0 bridgehead atoms. The molecule has 270 valence electrons. The second-order valence-corrected chi connectivity index (χ2v) is 15.1. The van der Waals surface area contributed by atoms with Crippen LogP contribution in [0.1, 0.15) is 75.3 Å². The molecule has 1 saturated carbocycles. The van der Waals surface area contributed by atoms with Crippen LogP contribution in [0.5, 0.6) is 11.5 Å². The maximum Gasteiger partial charge on any atom is 0.415 e. The molecule has 1 aliphatic carbocycles. The Hall–Kier alpha value is -4.21. The van der Waals surface area contributed by atoms with Crippen molar-refractivity contribution in [2.75, 3.05) is 11.9 Å². The van der Waals surface area contributed by atoms with Gasteiger partial charge in [-0.25, -0.2) is 9.59 Å². The van der Waals surface area contributed by atoms with Crippen molar-refractivity contribution in [1.82, 2.24) is 4.90 Å². The van der Waals surface area contributed by atoms with Crippen LogP contribution in [0, 0.1) is 17.8 Å². The fourth-order valence-corrected chi connectivity index (χ4v) is 7.59. The van der Waals surface area contributed by atoms with Crippen LogP contribution in [0.2, 0.25) is 10.0 Å². The smallest absolute Gasteiger partial charge is 0.415 e. The molecule has 1 fully saturated rings. The SMILES string of the molecule is C=C(C)OC(=O)N1Cc2cc3c(cc2C[C@H]1C(=O)O[C@@H]1C[C@H](C)CC[C@H]1C(C)C)N(C)C(=O)[C@H](c1ccc(OCc2ccc(Cl)c(Cl)c2)cc1)O3. The second-order valence-electron chi connectivity index (χ2n) is 14.3. The first-order valence-electron chi connectivity index (χ1n) is 17.4. The number of likely N-dealkylation sites (N-methyl/N-ethyl adjacent to an activating group) is 1. The topological polar surface area (TPSA) is 94.6 Å². The fourth-order valence-electron chi connectivity index (χ4n) is 7.27. The molecule has 51 heavy (non-hydrogen) atoms. The number of halogens is 2. The summed E-state index contributed by atoms with van der Waals surface area (Å²) in [5.41, 5.74) is 3.73. The zero-order chi connectivity index (χ0) is 36.6. The third-order valence-electron chi connectivity index (χ3n) is 10.1. The second kappa shape index (κ2) is 15.2. The number of hydrogen-bond acceptors (Lipinski definition) is 7. The van der Waals surface area contributed by atoms with Gasteiger partial charge in [0.25, 0.3) is 5.91 Å². The number of carbonyl (C=O) groups excluding carboxylic acids is 3. The molecule has 9 nitrogen and oxygen atoms in total. The molecule has 5 atom stereocenters. The number of allylic oxidation sites excluding steroid dienone is 1. The standard InChI is InChI=1S/C40H44Cl2N2O7/c1-22(2)30-13-7-24(5)15-35(30)51-39(46)34-18-27-17-33-36(19-28(27)20-44(34)40(47)49-23(3)4)50-37(38(45)43(33)6)26-9-11-29(12-10-26)48-21-25-8-14-31(41)32(42)16-25/h8-12,14,16-17,19,22,24,30,34-35,37H,3,7,13,15,18,20-21H2,1-2,4-6H3/t24-,30+,34+,35-,37+/m1/s1. The first kappa shape index (κ1) is 36.6. The number of ether oxygens (including phenoxy) is 4. The van der Waals surface area contributed by atoms with Gasteiger partial charge in [0.1, 0.15) is 30.3 Å². The number of benzene rings is 3. The van der Waals surface area contributed by atoms with Gasteiger partial charge in [0.15, 0.2) is 0 Å². The summed E-state index contributed by atoms with van der Waals surface area (Å²) in [7, 11) is 1.71. The van der Waals surface area contributed by atoms with Crippen molar-refractivity contribution in [3.8, 4) is 11.5 Å². The van der Waals surface area contributed by atoms with Gasteiger partial charge in [0.05, 0.1) is 28.0 Å². The number of carbonyl (C=O) groups is 3. The van der Waals surface area contributed by atoms with Crippen molar-refractivity contribution < 1.29 is 33.3 Å². The number of nitrogens with zero attached hydrogens (tertiary/aromatic N) is 2. The predicted molar refractivity (Wildman–Crippen MR) is 196 cm³/mol. The quantitative estimate of drug-likeness (QED) is 0.168. The Labute approximate surface area is 309 Å². The van der Waals surface area contributed by atoms with Crippen LogP contribution in [0.15, 0.2) is 66.9 Å². The van der Waals surface area contributed by atoms with Gasteiger partial charge in [-0.1, -0.05) is 75.2 Å². The summed E-state index contributed by atoms with van der Waals surface area (Å²) in [6.07, 6.45) is 1.31. The van der Waals surface area contributed by atoms with Crippen LogP contribution < -0.4 is 14.4 Å². The molecule has 3 aromatic carbocycles. The third kappa shape index (κ3) is 8.00. The Morgan fingerprint density at radius 1 is 1.02 bits per heavy atom. The number of rotatable bonds is 8. The minimum Gasteiger partial charge on any atom is -0.489 e. The molecule has 2 heterocycles. The van der Waals surface area contributed by atoms with Gasteiger partial charge in [-0.05, 0) is 90.6 Å². The van der Waals surface area contributed by atoms with Gasteiger partial charge in [0, 0.05) is 19.0 Å². The molecule has 3 aliphatic rings. The molecule has 0 radical (unpaired) electrons. The van der Waals surface area contributed by atoms with Gasteiger partial charge in [-0.15, -0.1) is 0 Å². The first-order chi connectivity index (χ1) is 24.3. The Bertz CT molecular complexity index is 1830. The summed E-state index contributed by atoms with van der Waals surface area (Å²) < 4.78 is 23.9. The van der Waals surface area contributed by atoms with Crippen LogP contribution >= 0.6 is 23.2 Å². The van der Waals surface area contributed by atoms with Crippen LogP contribution in [-0.4, -0.2) is 42.1 Å². The molecule has 3 aromatic rings. The van der Waals surface area contributed by atoms with E-state index in [1.54, 1.807) is 55.3 Å². The van der Waals surface area contributed by atoms with Gasteiger partial charge in [0.2, 0.25) is 6.10 Å². The summed E-state index contributed by atoms with van der Waals surface area (Å²) in [5.74, 6) is 1.71. The van der Waals surface area contributed by atoms with E-state index in [4.69, 9.17) is 42.1 Å². The molecule has 0 spiro atoms. The number of fused-ring (bicyclic) bond motifs is 2. The maximum atomic E-state index is 13.9. The fraction of sp³-hybridized carbons (Fsp3) is 0.425. The van der Waals surface area contributed by atoms with Gasteiger partial charge in [-0.2, -0.15) is 0 Å². The van der Waals surface area contributed by atoms with Crippen LogP contribution in [-0.2, 0) is 38.6 Å². The normalized spacial score (nSPS) is 22.8. The van der Waals surface area contributed by atoms with Crippen molar-refractivity contribution in [3.63, 3.8) is 0 Å². The van der Waals surface area contributed by atoms with E-state index in [2.05, 4.69) is 27.4 Å². The lowest BCUT2D eigenvalue weighted by atomic mass is 9.75. The minimum atomic E-state index is -0.900. The Kier molecular flexibility index (Phi) is 10.9. The molecule has 0 aromatic heterocycles. The number of amides is 2. The molecule has 2 aliphatic heterocycles. The van der Waals surface area contributed by atoms with E-state index in [1.807, 2.05) is 18.2 Å². The first-order valence-corrected chi connectivity index (χ1v) is 18.2. The van der Waals surface area contributed by atoms with Crippen molar-refractivity contribution in [3.05, 3.63) is 99.2 Å². The zero-order valence-corrected chi connectivity index (χ0v) is 31.1. The van der Waals surface area contributed by atoms with Crippen LogP contribution in [0.3, 0.4) is 0 Å². The van der Waals surface area contributed by atoms with Crippen LogP contribution in [0.25, 0.3) is 0 Å². The highest BCUT2D eigenvalue weighted by atomic mass is 35.5. The van der Waals surface area contributed by atoms with E-state index in [9.17, 15) is 14.4 Å². The van der Waals surface area contributed by atoms with Crippen molar-refractivity contribution in [1.29, 1.82) is 0 Å². The Balaban J connectivity index is 1.21. The summed E-state index contributed by atoms with van der Waals surface area (Å²) in [5, 5.41) is 0.933. The zero-order valence-electron chi connectivity index (χ0n) is 29.6. The Morgan fingerprint density at radius 3 is 2.45 bits per heavy atom. The van der Waals surface area contributed by atoms with E-state index in [0.717, 1.165) is 36.0 Å². The molecule has 6 rings (SSSR count). The van der Waals surface area contributed by atoms with Gasteiger partial charge < -0.3 is 23.8 Å². The highest BCUT2D eigenvalue weighted by Crippen LogP contribution is 2.43. The number of anilines is 1. The molecular formula is C40H44Cl2N2O7. The lowest BCUT2D eigenvalue weighted by Gasteiger charge is -2.40. The van der Waals surface area contributed by atoms with E-state index < -0.39 is 24.2 Å². The van der Waals surface area contributed by atoms with E-state index >= 15 is 0 Å². The summed E-state index contributed by atoms with van der Waals surface area (Å²) >= 11 is 12.1. The largest absolute Gasteiger partial charge is 0.489 e. The number of hydrogen-bond donors (Lipinski definition) is 0. The van der Waals surface area contributed by atoms with Gasteiger partial charge in [-0.3, -0.25) is 9.69 Å². The predicted octanol–water partition coefficient (Wildman–Crippen LogP) is 9.07. The average Bonchev–Trinajstić information content (AvgIpc) is 3.09. The molecule has 0 N–H and O–H groups in total. The van der Waals surface area contributed by atoms with E-state index in [0.29, 0.717) is 51.2 Å². The third-order valence-corrected chi connectivity index (χ3v) is 10.9. The highest BCUT2D eigenvalue weighted by Gasteiger charge is 2.42. The summed E-state index contributed by atoms with van der Waals surface area (Å²) in [4.78, 5) is 43.9. The molecule has 0 unspecified atom stereocenters. The molecule has 2 amide bonds. The summed E-state index contributed by atoms with van der Waals surface area (Å²) in [6.45, 7) is 12.2. The van der Waals surface area contributed by atoms with Crippen molar-refractivity contribution in [2.45, 2.75) is 84.8 Å². The Morgan fingerprint density at radius 2 is 1.76 bits per heavy atom. The van der Waals surface area contributed by atoms with Crippen molar-refractivity contribution >= 4 is 46.9 Å². The monoisotopic (exact) mass is 734 g/mol. The molecule has 11 heteroatoms. The highest BCUT2D eigenvalue weighted by molar-refractivity contribution is 6.42. The summed E-state index contributed by atoms with van der Waals surface area (Å²) in [6, 6.07) is 15.3.